The number of aliphatic hydroxyl groups is 1. The van der Waals surface area contributed by atoms with Gasteiger partial charge in [-0.25, -0.2) is 9.59 Å². The quantitative estimate of drug-likeness (QED) is 0.717. The minimum atomic E-state index is -0.840. The van der Waals surface area contributed by atoms with Crippen LogP contribution in [0.1, 0.15) is 52.2 Å². The SMILES string of the molecule is COC(=O)[C@H](Cc1ccc(C2(C)CC=C(O)C=C2C)cc1)NC(=O)OC(C)(C)C. The zero-order valence-corrected chi connectivity index (χ0v) is 18.0. The standard InChI is InChI=1S/C23H31NO5/c1-15-13-18(25)11-12-23(15,5)17-9-7-16(8-10-17)14-19(20(26)28-6)24-21(27)29-22(2,3)4/h7-11,13,19,25H,12,14H2,1-6H3,(H,24,27)/t19-,23?/m0/s1. The van der Waals surface area contributed by atoms with Crippen LogP contribution >= 0.6 is 0 Å². The third-order valence-electron chi connectivity index (χ3n) is 5.16. The van der Waals surface area contributed by atoms with Crippen LogP contribution in [0.25, 0.3) is 0 Å². The second-order valence-electron chi connectivity index (χ2n) is 8.62. The van der Waals surface area contributed by atoms with E-state index in [9.17, 15) is 14.7 Å². The molecule has 0 heterocycles. The molecular formula is C23H31NO5. The summed E-state index contributed by atoms with van der Waals surface area (Å²) in [4.78, 5) is 24.2. The summed E-state index contributed by atoms with van der Waals surface area (Å²) in [5, 5.41) is 12.3. The maximum atomic E-state index is 12.1. The number of carbonyl (C=O) groups is 2. The lowest BCUT2D eigenvalue weighted by molar-refractivity contribution is -0.143. The molecule has 0 radical (unpaired) electrons. The summed E-state index contributed by atoms with van der Waals surface area (Å²) in [6, 6.07) is 7.08. The van der Waals surface area contributed by atoms with E-state index in [1.165, 1.54) is 7.11 Å². The number of benzene rings is 1. The van der Waals surface area contributed by atoms with Crippen LogP contribution in [0, 0.1) is 0 Å². The first-order chi connectivity index (χ1) is 13.4. The highest BCUT2D eigenvalue weighted by atomic mass is 16.6. The van der Waals surface area contributed by atoms with Crippen molar-refractivity contribution in [1.82, 2.24) is 5.32 Å². The predicted molar refractivity (Wildman–Crippen MR) is 112 cm³/mol. The minimum Gasteiger partial charge on any atom is -0.508 e. The Labute approximate surface area is 172 Å². The largest absolute Gasteiger partial charge is 0.508 e. The van der Waals surface area contributed by atoms with Crippen LogP contribution in [0.5, 0.6) is 0 Å². The van der Waals surface area contributed by atoms with Crippen LogP contribution in [0.3, 0.4) is 0 Å². The normalized spacial score (nSPS) is 20.2. The van der Waals surface area contributed by atoms with Gasteiger partial charge in [-0.3, -0.25) is 0 Å². The average molecular weight is 402 g/mol. The Balaban J connectivity index is 2.14. The van der Waals surface area contributed by atoms with Crippen LogP contribution in [0.2, 0.25) is 0 Å². The Morgan fingerprint density at radius 3 is 2.38 bits per heavy atom. The van der Waals surface area contributed by atoms with Crippen molar-refractivity contribution in [1.29, 1.82) is 0 Å². The first-order valence-corrected chi connectivity index (χ1v) is 9.69. The van der Waals surface area contributed by atoms with Gasteiger partial charge in [0.15, 0.2) is 0 Å². The summed E-state index contributed by atoms with van der Waals surface area (Å²) in [5.41, 5.74) is 2.24. The number of esters is 1. The van der Waals surface area contributed by atoms with E-state index in [2.05, 4.69) is 12.2 Å². The van der Waals surface area contributed by atoms with Crippen molar-refractivity contribution in [3.63, 3.8) is 0 Å². The number of hydrogen-bond donors (Lipinski definition) is 2. The second-order valence-corrected chi connectivity index (χ2v) is 8.62. The Kier molecular flexibility index (Phi) is 6.77. The molecule has 0 spiro atoms. The molecule has 6 heteroatoms. The van der Waals surface area contributed by atoms with E-state index in [1.54, 1.807) is 26.8 Å². The number of amides is 1. The van der Waals surface area contributed by atoms with Crippen LogP contribution in [-0.2, 0) is 26.1 Å². The lowest BCUT2D eigenvalue weighted by Crippen LogP contribution is -2.45. The summed E-state index contributed by atoms with van der Waals surface area (Å²) < 4.78 is 10.1. The number of hydrogen-bond acceptors (Lipinski definition) is 5. The van der Waals surface area contributed by atoms with Crippen molar-refractivity contribution < 1.29 is 24.2 Å². The van der Waals surface area contributed by atoms with Gasteiger partial charge < -0.3 is 19.9 Å². The van der Waals surface area contributed by atoms with E-state index in [4.69, 9.17) is 9.47 Å². The van der Waals surface area contributed by atoms with Crippen LogP contribution in [-0.4, -0.2) is 35.9 Å². The molecule has 1 aliphatic rings. The number of aliphatic hydroxyl groups excluding tert-OH is 1. The van der Waals surface area contributed by atoms with Crippen molar-refractivity contribution >= 4 is 12.1 Å². The fourth-order valence-corrected chi connectivity index (χ4v) is 3.28. The number of methoxy groups -OCH3 is 1. The summed E-state index contributed by atoms with van der Waals surface area (Å²) in [6.07, 6.45) is 3.95. The molecule has 2 atom stereocenters. The van der Waals surface area contributed by atoms with Gasteiger partial charge in [-0.2, -0.15) is 0 Å². The molecule has 1 amide bonds. The third kappa shape index (κ3) is 5.86. The van der Waals surface area contributed by atoms with E-state index in [0.29, 0.717) is 18.6 Å². The van der Waals surface area contributed by atoms with Crippen LogP contribution < -0.4 is 5.32 Å². The van der Waals surface area contributed by atoms with Gasteiger partial charge in [0.05, 0.1) is 7.11 Å². The number of ether oxygens (including phenoxy) is 2. The number of alkyl carbamates (subject to hydrolysis) is 1. The Morgan fingerprint density at radius 2 is 1.86 bits per heavy atom. The van der Waals surface area contributed by atoms with E-state index in [-0.39, 0.29) is 5.41 Å². The van der Waals surface area contributed by atoms with Gasteiger partial charge >= 0.3 is 12.1 Å². The summed E-state index contributed by atoms with van der Waals surface area (Å²) >= 11 is 0. The van der Waals surface area contributed by atoms with Crippen molar-refractivity contribution in [2.24, 2.45) is 0 Å². The molecule has 0 fully saturated rings. The number of nitrogens with one attached hydrogen (secondary N) is 1. The van der Waals surface area contributed by atoms with E-state index < -0.39 is 23.7 Å². The van der Waals surface area contributed by atoms with E-state index in [0.717, 1.165) is 16.7 Å². The maximum Gasteiger partial charge on any atom is 0.408 e. The molecule has 0 saturated heterocycles. The molecule has 0 aliphatic heterocycles. The molecular weight excluding hydrogens is 370 g/mol. The molecule has 0 saturated carbocycles. The number of rotatable bonds is 5. The lowest BCUT2D eigenvalue weighted by atomic mass is 9.71. The molecule has 1 unspecified atom stereocenters. The minimum absolute atomic E-state index is 0.193. The molecule has 2 N–H and O–H groups in total. The Hall–Kier alpha value is -2.76. The first-order valence-electron chi connectivity index (χ1n) is 9.69. The lowest BCUT2D eigenvalue weighted by Gasteiger charge is -2.33. The Morgan fingerprint density at radius 1 is 1.24 bits per heavy atom. The van der Waals surface area contributed by atoms with Gasteiger partial charge in [0.25, 0.3) is 0 Å². The molecule has 0 aromatic heterocycles. The number of carbonyl (C=O) groups excluding carboxylic acids is 2. The highest BCUT2D eigenvalue weighted by Gasteiger charge is 2.30. The molecule has 0 bridgehead atoms. The van der Waals surface area contributed by atoms with E-state index >= 15 is 0 Å². The molecule has 2 rings (SSSR count). The van der Waals surface area contributed by atoms with Crippen molar-refractivity contribution in [3.8, 4) is 0 Å². The van der Waals surface area contributed by atoms with Gasteiger partial charge in [0.2, 0.25) is 0 Å². The fraction of sp³-hybridized carbons (Fsp3) is 0.478. The highest BCUT2D eigenvalue weighted by Crippen LogP contribution is 2.39. The van der Waals surface area contributed by atoms with Gasteiger partial charge in [0.1, 0.15) is 17.4 Å². The van der Waals surface area contributed by atoms with Gasteiger partial charge in [-0.15, -0.1) is 0 Å². The molecule has 6 nitrogen and oxygen atoms in total. The molecule has 1 aromatic carbocycles. The smallest absolute Gasteiger partial charge is 0.408 e. The van der Waals surface area contributed by atoms with Gasteiger partial charge in [-0.05, 0) is 57.4 Å². The average Bonchev–Trinajstić information content (AvgIpc) is 2.63. The van der Waals surface area contributed by atoms with Crippen molar-refractivity contribution in [3.05, 3.63) is 58.9 Å². The topological polar surface area (TPSA) is 84.9 Å². The second kappa shape index (κ2) is 8.72. The zero-order chi connectivity index (χ0) is 21.8. The first kappa shape index (κ1) is 22.5. The monoisotopic (exact) mass is 401 g/mol. The predicted octanol–water partition coefficient (Wildman–Crippen LogP) is 4.35. The number of allylic oxidation sites excluding steroid dienone is 3. The van der Waals surface area contributed by atoms with Crippen LogP contribution in [0.15, 0.2) is 47.7 Å². The molecule has 1 aromatic rings. The van der Waals surface area contributed by atoms with Crippen LogP contribution in [0.4, 0.5) is 4.79 Å². The summed E-state index contributed by atoms with van der Waals surface area (Å²) in [6.45, 7) is 9.42. The third-order valence-corrected chi connectivity index (χ3v) is 5.16. The van der Waals surface area contributed by atoms with Gasteiger partial charge in [-0.1, -0.05) is 36.8 Å². The van der Waals surface area contributed by atoms with Gasteiger partial charge in [0, 0.05) is 11.8 Å². The van der Waals surface area contributed by atoms with E-state index in [1.807, 2.05) is 37.3 Å². The fourth-order valence-electron chi connectivity index (χ4n) is 3.28. The highest BCUT2D eigenvalue weighted by molar-refractivity contribution is 5.81. The molecule has 29 heavy (non-hydrogen) atoms. The summed E-state index contributed by atoms with van der Waals surface area (Å²) in [7, 11) is 1.29. The van der Waals surface area contributed by atoms with Crippen molar-refractivity contribution in [2.75, 3.05) is 7.11 Å². The molecule has 1 aliphatic carbocycles. The summed E-state index contributed by atoms with van der Waals surface area (Å²) in [5.74, 6) is -0.232. The zero-order valence-electron chi connectivity index (χ0n) is 18.0. The Bertz CT molecular complexity index is 817. The molecule has 158 valence electrons. The maximum absolute atomic E-state index is 12.1. The van der Waals surface area contributed by atoms with Crippen molar-refractivity contribution in [2.45, 2.75) is 64.5 Å².